The number of aromatic nitrogens is 1. The number of carbonyl (C=O) groups excluding carboxylic acids is 2. The molecule has 0 aliphatic heterocycles. The number of nitrogens with zero attached hydrogens (tertiary/aromatic N) is 2. The summed E-state index contributed by atoms with van der Waals surface area (Å²) in [6.45, 7) is 2.06. The van der Waals surface area contributed by atoms with Crippen molar-refractivity contribution in [1.82, 2.24) is 9.88 Å². The molecule has 2 aromatic rings. The summed E-state index contributed by atoms with van der Waals surface area (Å²) < 4.78 is 0. The predicted octanol–water partition coefficient (Wildman–Crippen LogP) is 4.32. The van der Waals surface area contributed by atoms with Crippen molar-refractivity contribution in [3.05, 3.63) is 52.0 Å². The van der Waals surface area contributed by atoms with E-state index < -0.39 is 0 Å². The highest BCUT2D eigenvalue weighted by Crippen LogP contribution is 2.26. The molecule has 1 saturated carbocycles. The van der Waals surface area contributed by atoms with Crippen molar-refractivity contribution in [3.8, 4) is 0 Å². The molecule has 1 aliphatic carbocycles. The molecular weight excluding hydrogens is 320 g/mol. The predicted molar refractivity (Wildman–Crippen MR) is 95.3 cm³/mol. The molecule has 2 aromatic heterocycles. The Balaban J connectivity index is 1.84. The summed E-state index contributed by atoms with van der Waals surface area (Å²) in [4.78, 5) is 31.6. The van der Waals surface area contributed by atoms with Crippen molar-refractivity contribution >= 4 is 23.0 Å². The van der Waals surface area contributed by atoms with Crippen molar-refractivity contribution in [2.75, 3.05) is 0 Å². The molecule has 0 radical (unpaired) electrons. The van der Waals surface area contributed by atoms with Gasteiger partial charge in [-0.05, 0) is 38.0 Å². The van der Waals surface area contributed by atoms with Crippen molar-refractivity contribution in [2.24, 2.45) is 0 Å². The van der Waals surface area contributed by atoms with E-state index in [1.165, 1.54) is 37.5 Å². The number of pyridine rings is 1. The molecule has 0 N–H and O–H groups in total. The van der Waals surface area contributed by atoms with Crippen LogP contribution in [0.25, 0.3) is 0 Å². The fraction of sp³-hybridized carbons (Fsp3) is 0.421. The van der Waals surface area contributed by atoms with Crippen LogP contribution in [0.1, 0.15) is 64.8 Å². The first-order chi connectivity index (χ1) is 11.6. The summed E-state index contributed by atoms with van der Waals surface area (Å²) >= 11 is 1.34. The lowest BCUT2D eigenvalue weighted by Crippen LogP contribution is -2.41. The van der Waals surface area contributed by atoms with Gasteiger partial charge < -0.3 is 4.90 Å². The molecule has 1 aliphatic rings. The molecule has 0 bridgehead atoms. The lowest BCUT2D eigenvalue weighted by molar-refractivity contribution is 0.0611. The average Bonchev–Trinajstić information content (AvgIpc) is 3.11. The van der Waals surface area contributed by atoms with Crippen LogP contribution >= 0.6 is 11.3 Å². The number of hydrogen-bond donors (Lipinski definition) is 0. The Hall–Kier alpha value is -2.01. The van der Waals surface area contributed by atoms with Gasteiger partial charge in [0.25, 0.3) is 5.91 Å². The molecule has 126 valence electrons. The monoisotopic (exact) mass is 342 g/mol. The van der Waals surface area contributed by atoms with Crippen LogP contribution in [0.2, 0.25) is 0 Å². The molecule has 0 unspecified atom stereocenters. The molecule has 5 heteroatoms. The zero-order chi connectivity index (χ0) is 16.9. The Morgan fingerprint density at radius 2 is 2.04 bits per heavy atom. The second kappa shape index (κ2) is 7.71. The minimum atomic E-state index is 0.00740. The van der Waals surface area contributed by atoms with Crippen LogP contribution in [0.4, 0.5) is 0 Å². The van der Waals surface area contributed by atoms with Crippen LogP contribution in [-0.2, 0) is 6.54 Å². The minimum absolute atomic E-state index is 0.00740. The van der Waals surface area contributed by atoms with Gasteiger partial charge in [-0.3, -0.25) is 14.6 Å². The maximum Gasteiger partial charge on any atom is 0.255 e. The van der Waals surface area contributed by atoms with E-state index in [-0.39, 0.29) is 17.7 Å². The van der Waals surface area contributed by atoms with Gasteiger partial charge in [0.05, 0.1) is 22.7 Å². The highest BCUT2D eigenvalue weighted by molar-refractivity contribution is 7.12. The molecule has 1 amide bonds. The summed E-state index contributed by atoms with van der Waals surface area (Å²) in [5.74, 6) is 0.0179. The Labute approximate surface area is 146 Å². The second-order valence-electron chi connectivity index (χ2n) is 6.30. The third-order valence-corrected chi connectivity index (χ3v) is 5.56. The summed E-state index contributed by atoms with van der Waals surface area (Å²) in [6.07, 6.45) is 7.43. The smallest absolute Gasteiger partial charge is 0.255 e. The maximum absolute atomic E-state index is 13.1. The molecular formula is C19H22N2O2S. The Morgan fingerprint density at radius 1 is 1.25 bits per heavy atom. The van der Waals surface area contributed by atoms with Gasteiger partial charge in [-0.1, -0.05) is 25.3 Å². The van der Waals surface area contributed by atoms with Gasteiger partial charge in [0.1, 0.15) is 0 Å². The Bertz CT molecular complexity index is 705. The number of amides is 1. The first kappa shape index (κ1) is 16.8. The van der Waals surface area contributed by atoms with Gasteiger partial charge in [-0.25, -0.2) is 0 Å². The number of ketones is 1. The van der Waals surface area contributed by atoms with E-state index in [0.717, 1.165) is 18.5 Å². The number of Topliss-reactive ketones (excluding diaryl/α,β-unsaturated/α-hetero) is 1. The number of rotatable bonds is 5. The number of thiophene rings is 1. The van der Waals surface area contributed by atoms with Crippen LogP contribution < -0.4 is 0 Å². The van der Waals surface area contributed by atoms with Crippen LogP contribution in [0.3, 0.4) is 0 Å². The second-order valence-corrected chi connectivity index (χ2v) is 7.21. The molecule has 2 heterocycles. The van der Waals surface area contributed by atoms with E-state index in [9.17, 15) is 9.59 Å². The summed E-state index contributed by atoms with van der Waals surface area (Å²) in [7, 11) is 0. The van der Waals surface area contributed by atoms with Crippen molar-refractivity contribution in [1.29, 1.82) is 0 Å². The summed E-state index contributed by atoms with van der Waals surface area (Å²) in [5, 5.41) is 1.80. The zero-order valence-corrected chi connectivity index (χ0v) is 14.7. The van der Waals surface area contributed by atoms with Crippen molar-refractivity contribution in [2.45, 2.75) is 51.6 Å². The van der Waals surface area contributed by atoms with E-state index in [1.54, 1.807) is 17.6 Å². The van der Waals surface area contributed by atoms with Gasteiger partial charge in [0.2, 0.25) is 0 Å². The summed E-state index contributed by atoms with van der Waals surface area (Å²) in [6, 6.07) is 7.77. The fourth-order valence-corrected chi connectivity index (χ4v) is 4.01. The van der Waals surface area contributed by atoms with Gasteiger partial charge in [-0.2, -0.15) is 0 Å². The van der Waals surface area contributed by atoms with Gasteiger partial charge in [0.15, 0.2) is 5.78 Å². The van der Waals surface area contributed by atoms with E-state index >= 15 is 0 Å². The highest BCUT2D eigenvalue weighted by Gasteiger charge is 2.27. The third kappa shape index (κ3) is 3.90. The van der Waals surface area contributed by atoms with Crippen LogP contribution in [0, 0.1) is 0 Å². The molecule has 0 atom stereocenters. The molecule has 3 rings (SSSR count). The van der Waals surface area contributed by atoms with Crippen LogP contribution in [-0.4, -0.2) is 27.6 Å². The lowest BCUT2D eigenvalue weighted by atomic mass is 9.93. The van der Waals surface area contributed by atoms with E-state index in [1.807, 2.05) is 23.1 Å². The quantitative estimate of drug-likeness (QED) is 0.760. The zero-order valence-electron chi connectivity index (χ0n) is 13.9. The molecule has 1 fully saturated rings. The average molecular weight is 342 g/mol. The highest BCUT2D eigenvalue weighted by atomic mass is 32.1. The molecule has 4 nitrogen and oxygen atoms in total. The first-order valence-corrected chi connectivity index (χ1v) is 9.33. The van der Waals surface area contributed by atoms with E-state index in [0.29, 0.717) is 17.0 Å². The number of hydrogen-bond acceptors (Lipinski definition) is 4. The largest absolute Gasteiger partial charge is 0.330 e. The fourth-order valence-electron chi connectivity index (χ4n) is 3.22. The van der Waals surface area contributed by atoms with Crippen molar-refractivity contribution in [3.63, 3.8) is 0 Å². The van der Waals surface area contributed by atoms with E-state index in [4.69, 9.17) is 0 Å². The first-order valence-electron chi connectivity index (χ1n) is 8.45. The Morgan fingerprint density at radius 3 is 2.67 bits per heavy atom. The molecule has 0 aromatic carbocycles. The lowest BCUT2D eigenvalue weighted by Gasteiger charge is -2.34. The molecule has 0 saturated heterocycles. The maximum atomic E-state index is 13.1. The SMILES string of the molecule is CC(=O)c1cc(C(=O)N(Cc2ccccn2)C2CCCCC2)cs1. The van der Waals surface area contributed by atoms with Gasteiger partial charge in [0, 0.05) is 17.6 Å². The molecule has 0 spiro atoms. The van der Waals surface area contributed by atoms with Gasteiger partial charge >= 0.3 is 0 Å². The third-order valence-electron chi connectivity index (χ3n) is 4.53. The van der Waals surface area contributed by atoms with Crippen LogP contribution in [0.15, 0.2) is 35.8 Å². The van der Waals surface area contributed by atoms with E-state index in [2.05, 4.69) is 4.98 Å². The van der Waals surface area contributed by atoms with Gasteiger partial charge in [-0.15, -0.1) is 11.3 Å². The summed E-state index contributed by atoms with van der Waals surface area (Å²) in [5.41, 5.74) is 1.52. The normalized spacial score (nSPS) is 15.2. The topological polar surface area (TPSA) is 50.3 Å². The Kier molecular flexibility index (Phi) is 5.41. The number of carbonyl (C=O) groups is 2. The standard InChI is InChI=1S/C19H22N2O2S/c1-14(22)18-11-15(13-24-18)19(23)21(17-8-3-2-4-9-17)12-16-7-5-6-10-20-16/h5-7,10-11,13,17H,2-4,8-9,12H2,1H3. The van der Waals surface area contributed by atoms with Crippen molar-refractivity contribution < 1.29 is 9.59 Å². The molecule has 24 heavy (non-hydrogen) atoms. The van der Waals surface area contributed by atoms with Crippen LogP contribution in [0.5, 0.6) is 0 Å². The minimum Gasteiger partial charge on any atom is -0.330 e.